The summed E-state index contributed by atoms with van der Waals surface area (Å²) < 4.78 is 0. The molecule has 1 aromatic carbocycles. The number of amides is 3. The van der Waals surface area contributed by atoms with Crippen LogP contribution in [-0.4, -0.2) is 69.6 Å². The zero-order valence-electron chi connectivity index (χ0n) is 25.2. The number of primary amides is 1. The van der Waals surface area contributed by atoms with Crippen molar-refractivity contribution < 1.29 is 19.5 Å². The van der Waals surface area contributed by atoms with Gasteiger partial charge in [-0.05, 0) is 57.4 Å². The Labute approximate surface area is 240 Å². The maximum Gasteiger partial charge on any atom is 0.254 e. The van der Waals surface area contributed by atoms with Gasteiger partial charge in [0.2, 0.25) is 11.8 Å². The van der Waals surface area contributed by atoms with Crippen molar-refractivity contribution in [3.8, 4) is 0 Å². The third-order valence-corrected chi connectivity index (χ3v) is 9.37. The van der Waals surface area contributed by atoms with Gasteiger partial charge in [-0.3, -0.25) is 24.3 Å². The smallest absolute Gasteiger partial charge is 0.254 e. The molecule has 6 N–H and O–H groups in total. The second-order valence-electron chi connectivity index (χ2n) is 13.6. The highest BCUT2D eigenvalue weighted by Crippen LogP contribution is 2.39. The van der Waals surface area contributed by atoms with Crippen LogP contribution in [0.25, 0.3) is 0 Å². The van der Waals surface area contributed by atoms with E-state index < -0.39 is 41.0 Å². The lowest BCUT2D eigenvalue weighted by molar-refractivity contribution is -0.147. The van der Waals surface area contributed by atoms with Crippen molar-refractivity contribution in [3.05, 3.63) is 35.9 Å². The summed E-state index contributed by atoms with van der Waals surface area (Å²) in [5.41, 5.74) is 4.96. The lowest BCUT2D eigenvalue weighted by Crippen LogP contribution is -2.63. The fourth-order valence-electron chi connectivity index (χ4n) is 6.02. The van der Waals surface area contributed by atoms with Gasteiger partial charge in [-0.2, -0.15) is 0 Å². The highest BCUT2D eigenvalue weighted by molar-refractivity contribution is 5.89. The quantitative estimate of drug-likeness (QED) is 0.198. The summed E-state index contributed by atoms with van der Waals surface area (Å²) >= 11 is 0. The van der Waals surface area contributed by atoms with Crippen molar-refractivity contribution in [1.82, 2.24) is 15.2 Å². The molecular formula is C31H51N5O4. The van der Waals surface area contributed by atoms with E-state index in [-0.39, 0.29) is 18.4 Å². The summed E-state index contributed by atoms with van der Waals surface area (Å²) in [6.45, 7) is 11.7. The van der Waals surface area contributed by atoms with Gasteiger partial charge in [0, 0.05) is 19.0 Å². The van der Waals surface area contributed by atoms with Crippen molar-refractivity contribution in [2.45, 2.75) is 104 Å². The second kappa shape index (κ2) is 13.0. The van der Waals surface area contributed by atoms with Gasteiger partial charge in [-0.25, -0.2) is 5.84 Å². The normalized spacial score (nSPS) is 24.4. The average Bonchev–Trinajstić information content (AvgIpc) is 2.90. The van der Waals surface area contributed by atoms with Gasteiger partial charge in [0.1, 0.15) is 0 Å². The first kappa shape index (κ1) is 32.0. The van der Waals surface area contributed by atoms with Crippen LogP contribution in [0.15, 0.2) is 30.3 Å². The number of hydrogen-bond acceptors (Lipinski definition) is 6. The molecule has 1 saturated carbocycles. The Morgan fingerprint density at radius 1 is 1.07 bits per heavy atom. The second-order valence-corrected chi connectivity index (χ2v) is 13.6. The number of hydrazine groups is 1. The van der Waals surface area contributed by atoms with Crippen molar-refractivity contribution in [2.24, 2.45) is 34.7 Å². The van der Waals surface area contributed by atoms with Crippen LogP contribution < -0.4 is 16.9 Å². The third-order valence-electron chi connectivity index (χ3n) is 9.37. The summed E-state index contributed by atoms with van der Waals surface area (Å²) in [7, 11) is 0. The first-order chi connectivity index (χ1) is 18.6. The maximum atomic E-state index is 13.7. The van der Waals surface area contributed by atoms with Gasteiger partial charge in [0.25, 0.3) is 5.91 Å². The van der Waals surface area contributed by atoms with E-state index >= 15 is 0 Å². The Kier molecular flexibility index (Phi) is 10.4. The summed E-state index contributed by atoms with van der Waals surface area (Å²) in [4.78, 5) is 41.1. The van der Waals surface area contributed by atoms with Gasteiger partial charge < -0.3 is 16.2 Å². The predicted octanol–water partition coefficient (Wildman–Crippen LogP) is 2.60. The van der Waals surface area contributed by atoms with E-state index in [4.69, 9.17) is 11.6 Å². The minimum Gasteiger partial charge on any atom is -0.390 e. The topological polar surface area (TPSA) is 142 Å². The molecule has 2 aliphatic rings. The van der Waals surface area contributed by atoms with Crippen LogP contribution in [0.5, 0.6) is 0 Å². The standard InChI is InChI=1S/C31H51N5O4/c1-20(31(5,6)29(32)40)27(38)34-24(16-21-12-8-7-9-13-21)26(37)19-35-18-23-15-11-10-14-22(23)17-25(35)28(39)36(33)30(2,3)4/h7-9,12-13,20,22-26,37H,10-11,14-19,33H2,1-6H3,(H2,32,40)(H,34,38)/t20-,22-,23+,24-,25-,26+/m0/s1. The predicted molar refractivity (Wildman–Crippen MR) is 156 cm³/mol. The lowest BCUT2D eigenvalue weighted by atomic mass is 9.72. The Balaban J connectivity index is 1.85. The Morgan fingerprint density at radius 3 is 2.25 bits per heavy atom. The number of aliphatic hydroxyl groups excluding tert-OH is 1. The third kappa shape index (κ3) is 7.62. The van der Waals surface area contributed by atoms with Gasteiger partial charge in [-0.1, -0.05) is 70.4 Å². The van der Waals surface area contributed by atoms with Crippen molar-refractivity contribution in [2.75, 3.05) is 13.1 Å². The summed E-state index contributed by atoms with van der Waals surface area (Å²) in [5, 5.41) is 16.0. The number of fused-ring (bicyclic) bond motifs is 1. The SMILES string of the molecule is C[C@@H](C(=O)N[C@@H](Cc1ccccc1)[C@H](O)CN1C[C@H]2CCCC[C@H]2C[C@H]1C(=O)N(N)C(C)(C)C)C(C)(C)C(N)=O. The molecule has 1 aliphatic heterocycles. The minimum absolute atomic E-state index is 0.135. The van der Waals surface area contributed by atoms with Crippen LogP contribution in [0, 0.1) is 23.2 Å². The molecule has 0 bridgehead atoms. The van der Waals surface area contributed by atoms with Crippen LogP contribution in [-0.2, 0) is 20.8 Å². The van der Waals surface area contributed by atoms with Crippen LogP contribution in [0.2, 0.25) is 0 Å². The first-order valence-corrected chi connectivity index (χ1v) is 14.8. The number of hydrogen-bond donors (Lipinski definition) is 4. The Hall–Kier alpha value is -2.49. The summed E-state index contributed by atoms with van der Waals surface area (Å²) in [6, 6.07) is 8.62. The minimum atomic E-state index is -1.05. The van der Waals surface area contributed by atoms with Crippen molar-refractivity contribution in [1.29, 1.82) is 0 Å². The number of likely N-dealkylation sites (tertiary alicyclic amines) is 1. The number of carbonyl (C=O) groups is 3. The van der Waals surface area contributed by atoms with E-state index in [1.54, 1.807) is 20.8 Å². The van der Waals surface area contributed by atoms with E-state index in [1.165, 1.54) is 17.9 Å². The summed E-state index contributed by atoms with van der Waals surface area (Å²) in [6.07, 6.45) is 4.77. The maximum absolute atomic E-state index is 13.7. The highest BCUT2D eigenvalue weighted by Gasteiger charge is 2.44. The Morgan fingerprint density at radius 2 is 1.68 bits per heavy atom. The molecule has 3 rings (SSSR count). The molecule has 2 fully saturated rings. The molecule has 9 heteroatoms. The number of benzene rings is 1. The fraction of sp³-hybridized carbons (Fsp3) is 0.710. The average molecular weight is 558 g/mol. The molecule has 0 unspecified atom stereocenters. The molecule has 1 saturated heterocycles. The van der Waals surface area contributed by atoms with E-state index in [9.17, 15) is 19.5 Å². The zero-order valence-corrected chi connectivity index (χ0v) is 25.2. The molecular weight excluding hydrogens is 506 g/mol. The van der Waals surface area contributed by atoms with E-state index in [2.05, 4.69) is 10.2 Å². The number of nitrogens with zero attached hydrogens (tertiary/aromatic N) is 2. The number of aliphatic hydroxyl groups is 1. The monoisotopic (exact) mass is 557 g/mol. The number of nitrogens with one attached hydrogen (secondary N) is 1. The van der Waals surface area contributed by atoms with Crippen LogP contribution in [0.1, 0.15) is 79.2 Å². The lowest BCUT2D eigenvalue weighted by Gasteiger charge is -2.48. The zero-order chi connectivity index (χ0) is 29.8. The van der Waals surface area contributed by atoms with Crippen LogP contribution >= 0.6 is 0 Å². The first-order valence-electron chi connectivity index (χ1n) is 14.8. The molecule has 1 heterocycles. The van der Waals surface area contributed by atoms with E-state index in [0.717, 1.165) is 24.8 Å². The number of piperidine rings is 1. The van der Waals surface area contributed by atoms with Crippen molar-refractivity contribution in [3.63, 3.8) is 0 Å². The molecule has 0 aromatic heterocycles. The number of carbonyl (C=O) groups excluding carboxylic acids is 3. The molecule has 0 radical (unpaired) electrons. The van der Waals surface area contributed by atoms with E-state index in [1.807, 2.05) is 51.1 Å². The highest BCUT2D eigenvalue weighted by atomic mass is 16.3. The van der Waals surface area contributed by atoms with Crippen LogP contribution in [0.3, 0.4) is 0 Å². The number of rotatable bonds is 10. The molecule has 3 amide bonds. The summed E-state index contributed by atoms with van der Waals surface area (Å²) in [5.74, 6) is 5.53. The molecule has 1 aliphatic carbocycles. The number of β-amino-alcohol motifs (C(OH)–C–C–N with tert-alkyl or cyclic N) is 1. The molecule has 1 aromatic rings. The fourth-order valence-corrected chi connectivity index (χ4v) is 6.02. The van der Waals surface area contributed by atoms with Gasteiger partial charge in [-0.15, -0.1) is 0 Å². The molecule has 6 atom stereocenters. The van der Waals surface area contributed by atoms with Crippen molar-refractivity contribution >= 4 is 17.7 Å². The van der Waals surface area contributed by atoms with Gasteiger partial charge >= 0.3 is 0 Å². The molecule has 224 valence electrons. The Bertz CT molecular complexity index is 1020. The number of nitrogens with two attached hydrogens (primary N) is 2. The molecule has 40 heavy (non-hydrogen) atoms. The van der Waals surface area contributed by atoms with E-state index in [0.29, 0.717) is 24.8 Å². The largest absolute Gasteiger partial charge is 0.390 e. The van der Waals surface area contributed by atoms with Crippen LogP contribution in [0.4, 0.5) is 0 Å². The van der Waals surface area contributed by atoms with Gasteiger partial charge in [0.15, 0.2) is 0 Å². The van der Waals surface area contributed by atoms with Gasteiger partial charge in [0.05, 0.1) is 29.1 Å². The molecule has 9 nitrogen and oxygen atoms in total. The molecule has 0 spiro atoms.